The van der Waals surface area contributed by atoms with E-state index < -0.39 is 12.0 Å². The Kier molecular flexibility index (Phi) is 5.75. The molecule has 0 aromatic carbocycles. The Hall–Kier alpha value is -1.14. The smallest absolute Gasteiger partial charge is 0.327 e. The van der Waals surface area contributed by atoms with Crippen LogP contribution < -0.4 is 10.6 Å². The van der Waals surface area contributed by atoms with Crippen LogP contribution >= 0.6 is 0 Å². The topological polar surface area (TPSA) is 81.7 Å². The zero-order valence-corrected chi connectivity index (χ0v) is 12.0. The minimum Gasteiger partial charge on any atom is -0.480 e. The van der Waals surface area contributed by atoms with Crippen molar-refractivity contribution in [1.82, 2.24) is 15.5 Å². The SMILES string of the molecule is CC(=O)NC(CNCC1(N(C)C)CCCC1)C(=O)O. The minimum absolute atomic E-state index is 0.124. The molecule has 0 heterocycles. The molecule has 1 saturated carbocycles. The van der Waals surface area contributed by atoms with Crippen LogP contribution in [-0.4, -0.2) is 60.6 Å². The number of aliphatic carboxylic acids is 1. The van der Waals surface area contributed by atoms with E-state index in [1.54, 1.807) is 0 Å². The number of nitrogens with one attached hydrogen (secondary N) is 2. The van der Waals surface area contributed by atoms with Crippen molar-refractivity contribution in [2.45, 2.75) is 44.2 Å². The van der Waals surface area contributed by atoms with Gasteiger partial charge in [-0.1, -0.05) is 12.8 Å². The van der Waals surface area contributed by atoms with Crippen LogP contribution in [0.2, 0.25) is 0 Å². The van der Waals surface area contributed by atoms with Crippen molar-refractivity contribution in [2.24, 2.45) is 0 Å². The summed E-state index contributed by atoms with van der Waals surface area (Å²) in [6.45, 7) is 2.34. The highest BCUT2D eigenvalue weighted by molar-refractivity contribution is 5.82. The molecule has 1 fully saturated rings. The Morgan fingerprint density at radius 3 is 2.32 bits per heavy atom. The molecule has 0 radical (unpaired) electrons. The Bertz CT molecular complexity index is 325. The molecule has 1 atom stereocenters. The second-order valence-electron chi connectivity index (χ2n) is 5.55. The third-order valence-electron chi connectivity index (χ3n) is 3.96. The molecular weight excluding hydrogens is 246 g/mol. The highest BCUT2D eigenvalue weighted by atomic mass is 16.4. The highest BCUT2D eigenvalue weighted by Gasteiger charge is 2.35. The summed E-state index contributed by atoms with van der Waals surface area (Å²) in [5, 5.41) is 14.7. The number of carboxylic acid groups (broad SMARTS) is 1. The molecule has 0 aromatic rings. The van der Waals surface area contributed by atoms with Gasteiger partial charge in [-0.3, -0.25) is 4.79 Å². The first kappa shape index (κ1) is 15.9. The van der Waals surface area contributed by atoms with Gasteiger partial charge in [-0.25, -0.2) is 4.79 Å². The molecule has 1 amide bonds. The number of hydrogen-bond donors (Lipinski definition) is 3. The Labute approximate surface area is 114 Å². The molecule has 1 aliphatic carbocycles. The van der Waals surface area contributed by atoms with E-state index >= 15 is 0 Å². The largest absolute Gasteiger partial charge is 0.480 e. The summed E-state index contributed by atoms with van der Waals surface area (Å²) in [6, 6.07) is -0.863. The molecule has 0 aromatic heterocycles. The van der Waals surface area contributed by atoms with Crippen LogP contribution in [0, 0.1) is 0 Å². The van der Waals surface area contributed by atoms with E-state index in [1.807, 2.05) is 0 Å². The summed E-state index contributed by atoms with van der Waals surface area (Å²) in [4.78, 5) is 24.2. The normalized spacial score (nSPS) is 19.4. The first-order chi connectivity index (χ1) is 8.87. The summed E-state index contributed by atoms with van der Waals surface area (Å²) in [5.41, 5.74) is 0.124. The van der Waals surface area contributed by atoms with Crippen molar-refractivity contribution < 1.29 is 14.7 Å². The van der Waals surface area contributed by atoms with Crippen LogP contribution in [0.5, 0.6) is 0 Å². The summed E-state index contributed by atoms with van der Waals surface area (Å²) in [5.74, 6) is -1.33. The first-order valence-corrected chi connectivity index (χ1v) is 6.75. The monoisotopic (exact) mass is 271 g/mol. The standard InChI is InChI=1S/C13H25N3O3/c1-10(17)15-11(12(18)19)8-14-9-13(16(2)3)6-4-5-7-13/h11,14H,4-9H2,1-3H3,(H,15,17)(H,18,19). The molecule has 6 nitrogen and oxygen atoms in total. The van der Waals surface area contributed by atoms with Crippen LogP contribution in [0.1, 0.15) is 32.6 Å². The van der Waals surface area contributed by atoms with Gasteiger partial charge in [-0.15, -0.1) is 0 Å². The Morgan fingerprint density at radius 2 is 1.89 bits per heavy atom. The zero-order valence-electron chi connectivity index (χ0n) is 12.0. The van der Waals surface area contributed by atoms with Crippen LogP contribution in [0.25, 0.3) is 0 Å². The molecule has 0 bridgehead atoms. The first-order valence-electron chi connectivity index (χ1n) is 6.75. The van der Waals surface area contributed by atoms with Crippen LogP contribution in [0.3, 0.4) is 0 Å². The molecule has 110 valence electrons. The van der Waals surface area contributed by atoms with Crippen molar-refractivity contribution in [3.05, 3.63) is 0 Å². The van der Waals surface area contributed by atoms with Gasteiger partial charge in [0.25, 0.3) is 0 Å². The van der Waals surface area contributed by atoms with Gasteiger partial charge in [0, 0.05) is 25.6 Å². The average Bonchev–Trinajstić information content (AvgIpc) is 2.77. The maximum atomic E-state index is 11.0. The average molecular weight is 271 g/mol. The molecule has 1 aliphatic rings. The van der Waals surface area contributed by atoms with Crippen molar-refractivity contribution in [3.63, 3.8) is 0 Å². The van der Waals surface area contributed by atoms with E-state index in [-0.39, 0.29) is 18.0 Å². The van der Waals surface area contributed by atoms with Gasteiger partial charge in [0.15, 0.2) is 0 Å². The number of rotatable bonds is 7. The highest BCUT2D eigenvalue weighted by Crippen LogP contribution is 2.32. The van der Waals surface area contributed by atoms with Gasteiger partial charge in [0.05, 0.1) is 0 Å². The second-order valence-corrected chi connectivity index (χ2v) is 5.55. The van der Waals surface area contributed by atoms with Crippen molar-refractivity contribution in [3.8, 4) is 0 Å². The van der Waals surface area contributed by atoms with Gasteiger partial charge >= 0.3 is 5.97 Å². The van der Waals surface area contributed by atoms with Crippen molar-refractivity contribution in [1.29, 1.82) is 0 Å². The lowest BCUT2D eigenvalue weighted by Crippen LogP contribution is -2.53. The Morgan fingerprint density at radius 1 is 1.32 bits per heavy atom. The summed E-state index contributed by atoms with van der Waals surface area (Å²) < 4.78 is 0. The van der Waals surface area contributed by atoms with E-state index in [0.717, 1.165) is 19.4 Å². The van der Waals surface area contributed by atoms with Gasteiger partial charge in [0.2, 0.25) is 5.91 Å². The number of likely N-dealkylation sites (N-methyl/N-ethyl adjacent to an activating group) is 1. The minimum atomic E-state index is -1.01. The third-order valence-corrected chi connectivity index (χ3v) is 3.96. The molecule has 19 heavy (non-hydrogen) atoms. The van der Waals surface area contributed by atoms with Crippen molar-refractivity contribution >= 4 is 11.9 Å². The fourth-order valence-corrected chi connectivity index (χ4v) is 2.71. The Balaban J connectivity index is 2.46. The lowest BCUT2D eigenvalue weighted by Gasteiger charge is -2.37. The quantitative estimate of drug-likeness (QED) is 0.609. The number of carbonyl (C=O) groups excluding carboxylic acids is 1. The molecule has 6 heteroatoms. The molecule has 0 saturated heterocycles. The van der Waals surface area contributed by atoms with E-state index in [9.17, 15) is 9.59 Å². The van der Waals surface area contributed by atoms with Gasteiger partial charge < -0.3 is 20.6 Å². The molecular formula is C13H25N3O3. The number of nitrogens with zero attached hydrogens (tertiary/aromatic N) is 1. The summed E-state index contributed by atoms with van der Waals surface area (Å²) >= 11 is 0. The van der Waals surface area contributed by atoms with Gasteiger partial charge in [0.1, 0.15) is 6.04 Å². The number of hydrogen-bond acceptors (Lipinski definition) is 4. The predicted molar refractivity (Wildman–Crippen MR) is 73.0 cm³/mol. The molecule has 0 aliphatic heterocycles. The molecule has 3 N–H and O–H groups in total. The molecule has 1 rings (SSSR count). The van der Waals surface area contributed by atoms with Gasteiger partial charge in [-0.2, -0.15) is 0 Å². The van der Waals surface area contributed by atoms with Crippen LogP contribution in [0.15, 0.2) is 0 Å². The van der Waals surface area contributed by atoms with E-state index in [0.29, 0.717) is 0 Å². The van der Waals surface area contributed by atoms with E-state index in [2.05, 4.69) is 29.6 Å². The third kappa shape index (κ3) is 4.47. The fourth-order valence-electron chi connectivity index (χ4n) is 2.71. The van der Waals surface area contributed by atoms with Crippen molar-refractivity contribution in [2.75, 3.05) is 27.2 Å². The van der Waals surface area contributed by atoms with E-state index in [1.165, 1.54) is 19.8 Å². The summed E-state index contributed by atoms with van der Waals surface area (Å²) in [7, 11) is 4.13. The number of carboxylic acids is 1. The lowest BCUT2D eigenvalue weighted by atomic mass is 9.96. The maximum absolute atomic E-state index is 11.0. The molecule has 0 spiro atoms. The summed E-state index contributed by atoms with van der Waals surface area (Å²) in [6.07, 6.45) is 4.69. The number of amides is 1. The van der Waals surface area contributed by atoms with Crippen LogP contribution in [-0.2, 0) is 9.59 Å². The second kappa shape index (κ2) is 6.86. The van der Waals surface area contributed by atoms with Crippen LogP contribution in [0.4, 0.5) is 0 Å². The lowest BCUT2D eigenvalue weighted by molar-refractivity contribution is -0.141. The van der Waals surface area contributed by atoms with E-state index in [4.69, 9.17) is 5.11 Å². The van der Waals surface area contributed by atoms with Gasteiger partial charge in [-0.05, 0) is 26.9 Å². The maximum Gasteiger partial charge on any atom is 0.327 e. The fraction of sp³-hybridized carbons (Fsp3) is 0.846. The molecule has 1 unspecified atom stereocenters. The number of carbonyl (C=O) groups is 2. The zero-order chi connectivity index (χ0) is 14.5. The predicted octanol–water partition coefficient (Wildman–Crippen LogP) is 0.0397.